The van der Waals surface area contributed by atoms with Crippen LogP contribution in [0.1, 0.15) is 36.9 Å². The molecule has 1 aliphatic carbocycles. The van der Waals surface area contributed by atoms with E-state index < -0.39 is 5.82 Å². The van der Waals surface area contributed by atoms with Crippen LogP contribution < -0.4 is 4.90 Å². The molecule has 1 aliphatic heterocycles. The Kier molecular flexibility index (Phi) is 2.64. The van der Waals surface area contributed by atoms with E-state index in [1.165, 1.54) is 25.2 Å². The van der Waals surface area contributed by atoms with Crippen molar-refractivity contribution in [3.05, 3.63) is 30.1 Å². The predicted molar refractivity (Wildman–Crippen MR) is 69.9 cm³/mol. The van der Waals surface area contributed by atoms with Crippen LogP contribution >= 0.6 is 0 Å². The maximum absolute atomic E-state index is 12.8. The molecule has 2 aliphatic rings. The monoisotopic (exact) mass is 274 g/mol. The van der Waals surface area contributed by atoms with Crippen LogP contribution in [-0.4, -0.2) is 38.1 Å². The minimum atomic E-state index is -0.408. The lowest BCUT2D eigenvalue weighted by Gasteiger charge is -2.15. The second-order valence-corrected chi connectivity index (χ2v) is 5.49. The van der Waals surface area contributed by atoms with E-state index >= 15 is 0 Å². The van der Waals surface area contributed by atoms with Gasteiger partial charge in [0.25, 0.3) is 0 Å². The molecule has 1 saturated carbocycles. The Morgan fingerprint density at radius 2 is 1.95 bits per heavy atom. The zero-order valence-electron chi connectivity index (χ0n) is 11.0. The van der Waals surface area contributed by atoms with E-state index in [4.69, 9.17) is 0 Å². The number of hydrogen-bond donors (Lipinski definition) is 0. The maximum atomic E-state index is 12.8. The van der Waals surface area contributed by atoms with Crippen LogP contribution in [0.4, 0.5) is 10.3 Å². The molecular weight excluding hydrogens is 259 g/mol. The van der Waals surface area contributed by atoms with Gasteiger partial charge < -0.3 is 4.90 Å². The van der Waals surface area contributed by atoms with E-state index in [0.29, 0.717) is 17.9 Å². The number of hydrogen-bond acceptors (Lipinski definition) is 5. The van der Waals surface area contributed by atoms with Crippen molar-refractivity contribution in [2.45, 2.75) is 31.2 Å². The fourth-order valence-electron chi connectivity index (χ4n) is 2.64. The summed E-state index contributed by atoms with van der Waals surface area (Å²) in [6.07, 6.45) is 7.93. The van der Waals surface area contributed by atoms with E-state index in [2.05, 4.69) is 31.4 Å². The van der Waals surface area contributed by atoms with Gasteiger partial charge in [0.2, 0.25) is 5.95 Å². The Balaban J connectivity index is 1.47. The highest BCUT2D eigenvalue weighted by atomic mass is 19.1. The largest absolute Gasteiger partial charge is 0.339 e. The van der Waals surface area contributed by atoms with Crippen LogP contribution in [-0.2, 0) is 0 Å². The van der Waals surface area contributed by atoms with Crippen LogP contribution in [0.3, 0.4) is 0 Å². The average Bonchev–Trinajstić information content (AvgIpc) is 3.01. The average molecular weight is 274 g/mol. The van der Waals surface area contributed by atoms with Crippen molar-refractivity contribution in [1.29, 1.82) is 0 Å². The van der Waals surface area contributed by atoms with Gasteiger partial charge in [0, 0.05) is 25.2 Å². The first-order valence-corrected chi connectivity index (χ1v) is 6.94. The van der Waals surface area contributed by atoms with Crippen LogP contribution in [0.5, 0.6) is 0 Å². The van der Waals surface area contributed by atoms with Gasteiger partial charge in [-0.2, -0.15) is 0 Å². The molecular formula is C13H15FN6. The number of rotatable bonds is 3. The van der Waals surface area contributed by atoms with Gasteiger partial charge in [0.15, 0.2) is 5.82 Å². The number of halogens is 1. The molecule has 3 heterocycles. The van der Waals surface area contributed by atoms with Gasteiger partial charge in [0.1, 0.15) is 0 Å². The summed E-state index contributed by atoms with van der Waals surface area (Å²) in [4.78, 5) is 10.1. The third-order valence-electron chi connectivity index (χ3n) is 3.95. The third kappa shape index (κ3) is 2.13. The zero-order chi connectivity index (χ0) is 13.5. The van der Waals surface area contributed by atoms with Gasteiger partial charge in [-0.25, -0.2) is 19.0 Å². The van der Waals surface area contributed by atoms with Gasteiger partial charge in [-0.3, -0.25) is 0 Å². The van der Waals surface area contributed by atoms with Crippen LogP contribution in [0.2, 0.25) is 0 Å². The molecule has 0 amide bonds. The van der Waals surface area contributed by atoms with Gasteiger partial charge in [-0.1, -0.05) is 5.21 Å². The molecule has 6 nitrogen and oxygen atoms in total. The van der Waals surface area contributed by atoms with Crippen LogP contribution in [0.15, 0.2) is 18.6 Å². The van der Waals surface area contributed by atoms with Crippen molar-refractivity contribution >= 4 is 5.95 Å². The normalized spacial score (nSPS) is 22.4. The van der Waals surface area contributed by atoms with Crippen molar-refractivity contribution in [2.24, 2.45) is 0 Å². The highest BCUT2D eigenvalue weighted by Crippen LogP contribution is 2.39. The molecule has 104 valence electrons. The standard InChI is InChI=1S/C13H15FN6/c14-10-5-15-13(16-6-10)19-4-3-11(7-19)20-8-12(17-18-20)9-1-2-9/h5-6,8-9,11H,1-4,7H2. The summed E-state index contributed by atoms with van der Waals surface area (Å²) in [6, 6.07) is 0.295. The Morgan fingerprint density at radius 3 is 2.70 bits per heavy atom. The summed E-state index contributed by atoms with van der Waals surface area (Å²) >= 11 is 0. The summed E-state index contributed by atoms with van der Waals surface area (Å²) in [5, 5.41) is 8.49. The molecule has 20 heavy (non-hydrogen) atoms. The van der Waals surface area contributed by atoms with Crippen molar-refractivity contribution < 1.29 is 4.39 Å². The Bertz CT molecular complexity index is 606. The highest BCUT2D eigenvalue weighted by Gasteiger charge is 2.30. The molecule has 0 spiro atoms. The van der Waals surface area contributed by atoms with Crippen molar-refractivity contribution in [3.63, 3.8) is 0 Å². The molecule has 2 aromatic rings. The molecule has 7 heteroatoms. The second-order valence-electron chi connectivity index (χ2n) is 5.49. The summed E-state index contributed by atoms with van der Waals surface area (Å²) in [7, 11) is 0. The topological polar surface area (TPSA) is 59.7 Å². The zero-order valence-corrected chi connectivity index (χ0v) is 11.0. The first-order chi connectivity index (χ1) is 9.79. The molecule has 1 saturated heterocycles. The van der Waals surface area contributed by atoms with E-state index in [-0.39, 0.29) is 0 Å². The van der Waals surface area contributed by atoms with Gasteiger partial charge in [-0.05, 0) is 19.3 Å². The lowest BCUT2D eigenvalue weighted by atomic mass is 10.2. The quantitative estimate of drug-likeness (QED) is 0.849. The first kappa shape index (κ1) is 11.7. The van der Waals surface area contributed by atoms with Crippen molar-refractivity contribution in [3.8, 4) is 0 Å². The summed E-state index contributed by atoms with van der Waals surface area (Å²) in [6.45, 7) is 1.65. The highest BCUT2D eigenvalue weighted by molar-refractivity contribution is 5.30. The minimum absolute atomic E-state index is 0.295. The van der Waals surface area contributed by atoms with Gasteiger partial charge in [-0.15, -0.1) is 5.10 Å². The molecule has 2 aromatic heterocycles. The molecule has 2 fully saturated rings. The first-order valence-electron chi connectivity index (χ1n) is 6.94. The number of nitrogens with zero attached hydrogens (tertiary/aromatic N) is 6. The van der Waals surface area contributed by atoms with E-state index in [1.54, 1.807) is 0 Å². The van der Waals surface area contributed by atoms with E-state index in [0.717, 1.165) is 25.2 Å². The molecule has 1 atom stereocenters. The molecule has 0 aromatic carbocycles. The molecule has 1 unspecified atom stereocenters. The van der Waals surface area contributed by atoms with Crippen LogP contribution in [0, 0.1) is 5.82 Å². The lowest BCUT2D eigenvalue weighted by Crippen LogP contribution is -2.23. The second kappa shape index (κ2) is 4.50. The summed E-state index contributed by atoms with van der Waals surface area (Å²) in [5.74, 6) is 0.799. The van der Waals surface area contributed by atoms with Crippen LogP contribution in [0.25, 0.3) is 0 Å². The molecule has 0 bridgehead atoms. The fraction of sp³-hybridized carbons (Fsp3) is 0.538. The Hall–Kier alpha value is -2.05. The maximum Gasteiger partial charge on any atom is 0.225 e. The van der Waals surface area contributed by atoms with E-state index in [9.17, 15) is 4.39 Å². The van der Waals surface area contributed by atoms with Crippen molar-refractivity contribution in [1.82, 2.24) is 25.0 Å². The number of aromatic nitrogens is 5. The molecule has 0 radical (unpaired) electrons. The molecule has 4 rings (SSSR count). The lowest BCUT2D eigenvalue weighted by molar-refractivity contribution is 0.479. The number of anilines is 1. The van der Waals surface area contributed by atoms with Gasteiger partial charge in [0.05, 0.1) is 24.1 Å². The third-order valence-corrected chi connectivity index (χ3v) is 3.95. The smallest absolute Gasteiger partial charge is 0.225 e. The molecule has 0 N–H and O–H groups in total. The Labute approximate surface area is 115 Å². The summed E-state index contributed by atoms with van der Waals surface area (Å²) < 4.78 is 14.8. The predicted octanol–water partition coefficient (Wildman–Crippen LogP) is 1.54. The Morgan fingerprint density at radius 1 is 1.15 bits per heavy atom. The fourth-order valence-corrected chi connectivity index (χ4v) is 2.64. The SMILES string of the molecule is Fc1cnc(N2CCC(n3cc(C4CC4)nn3)C2)nc1. The van der Waals surface area contributed by atoms with E-state index in [1.807, 2.05) is 4.68 Å². The van der Waals surface area contributed by atoms with Crippen molar-refractivity contribution in [2.75, 3.05) is 18.0 Å². The summed E-state index contributed by atoms with van der Waals surface area (Å²) in [5.41, 5.74) is 1.11. The van der Waals surface area contributed by atoms with Gasteiger partial charge >= 0.3 is 0 Å². The minimum Gasteiger partial charge on any atom is -0.339 e.